The van der Waals surface area contributed by atoms with Gasteiger partial charge in [0.1, 0.15) is 11.4 Å². The van der Waals surface area contributed by atoms with Crippen molar-refractivity contribution in [3.63, 3.8) is 0 Å². The van der Waals surface area contributed by atoms with Crippen molar-refractivity contribution in [3.05, 3.63) is 30.0 Å². The SMILES string of the molecule is CC#CCC1CN(C2CCCC2)c2nc(Nc3ccc(C(=O)O)cc3OC)ncc2N(C)C1=O. The Balaban J connectivity index is 1.72. The maximum Gasteiger partial charge on any atom is 0.335 e. The third kappa shape index (κ3) is 4.62. The van der Waals surface area contributed by atoms with E-state index in [1.807, 2.05) is 0 Å². The lowest BCUT2D eigenvalue weighted by Crippen LogP contribution is -2.40. The Hall–Kier alpha value is -3.80. The van der Waals surface area contributed by atoms with Crippen molar-refractivity contribution in [2.24, 2.45) is 5.92 Å². The van der Waals surface area contributed by atoms with Crippen LogP contribution in [-0.2, 0) is 4.79 Å². The number of nitrogens with zero attached hydrogens (tertiary/aromatic N) is 4. The van der Waals surface area contributed by atoms with Gasteiger partial charge in [0.15, 0.2) is 5.82 Å². The summed E-state index contributed by atoms with van der Waals surface area (Å²) >= 11 is 0. The molecule has 2 aromatic rings. The molecule has 1 fully saturated rings. The van der Waals surface area contributed by atoms with E-state index >= 15 is 0 Å². The second kappa shape index (κ2) is 10.00. The monoisotopic (exact) mass is 463 g/mol. The molecule has 9 nitrogen and oxygen atoms in total. The first-order valence-corrected chi connectivity index (χ1v) is 11.4. The van der Waals surface area contributed by atoms with Crippen LogP contribution in [0, 0.1) is 17.8 Å². The average Bonchev–Trinajstić information content (AvgIpc) is 3.35. The number of aromatic carboxylic acids is 1. The van der Waals surface area contributed by atoms with Crippen LogP contribution in [0.5, 0.6) is 5.75 Å². The molecule has 1 aromatic carbocycles. The number of carboxylic acid groups (broad SMARTS) is 1. The number of nitrogens with one attached hydrogen (secondary N) is 1. The predicted octanol–water partition coefficient (Wildman–Crippen LogP) is 3.68. The molecule has 2 N–H and O–H groups in total. The van der Waals surface area contributed by atoms with Gasteiger partial charge in [-0.25, -0.2) is 9.78 Å². The molecule has 9 heteroatoms. The Labute approximate surface area is 199 Å². The van der Waals surface area contributed by atoms with Crippen LogP contribution in [0.25, 0.3) is 0 Å². The lowest BCUT2D eigenvalue weighted by Gasteiger charge is -2.31. The molecule has 0 spiro atoms. The molecule has 1 atom stereocenters. The van der Waals surface area contributed by atoms with Gasteiger partial charge in [-0.2, -0.15) is 4.98 Å². The van der Waals surface area contributed by atoms with Crippen LogP contribution in [0.1, 0.15) is 49.4 Å². The van der Waals surface area contributed by atoms with Gasteiger partial charge in [0.25, 0.3) is 0 Å². The summed E-state index contributed by atoms with van der Waals surface area (Å²) in [5.74, 6) is 6.15. The molecule has 0 bridgehead atoms. The number of carboxylic acids is 1. The minimum Gasteiger partial charge on any atom is -0.495 e. The molecule has 1 aromatic heterocycles. The molecule has 178 valence electrons. The van der Waals surface area contributed by atoms with Crippen molar-refractivity contribution in [1.82, 2.24) is 9.97 Å². The minimum atomic E-state index is -1.03. The normalized spacial score (nSPS) is 18.1. The smallest absolute Gasteiger partial charge is 0.335 e. The molecule has 1 saturated carbocycles. The number of aromatic nitrogens is 2. The molecule has 1 aliphatic carbocycles. The molecule has 2 heterocycles. The number of methoxy groups -OCH3 is 1. The number of fused-ring (bicyclic) bond motifs is 1. The molecule has 1 unspecified atom stereocenters. The molecule has 2 aliphatic rings. The summed E-state index contributed by atoms with van der Waals surface area (Å²) < 4.78 is 5.37. The van der Waals surface area contributed by atoms with Crippen LogP contribution in [0.2, 0.25) is 0 Å². The van der Waals surface area contributed by atoms with Crippen molar-refractivity contribution < 1.29 is 19.4 Å². The van der Waals surface area contributed by atoms with Gasteiger partial charge >= 0.3 is 5.97 Å². The first-order chi connectivity index (χ1) is 16.4. The lowest BCUT2D eigenvalue weighted by atomic mass is 10.0. The summed E-state index contributed by atoms with van der Waals surface area (Å²) in [5, 5.41) is 12.4. The van der Waals surface area contributed by atoms with Gasteiger partial charge in [0.2, 0.25) is 11.9 Å². The highest BCUT2D eigenvalue weighted by molar-refractivity contribution is 5.99. The topological polar surface area (TPSA) is 108 Å². The zero-order valence-corrected chi connectivity index (χ0v) is 19.7. The fourth-order valence-electron chi connectivity index (χ4n) is 4.63. The third-order valence-corrected chi connectivity index (χ3v) is 6.47. The highest BCUT2D eigenvalue weighted by Crippen LogP contribution is 2.38. The van der Waals surface area contributed by atoms with Crippen molar-refractivity contribution >= 4 is 35.0 Å². The molecule has 4 rings (SSSR count). The molecule has 34 heavy (non-hydrogen) atoms. The van der Waals surface area contributed by atoms with E-state index in [-0.39, 0.29) is 17.4 Å². The van der Waals surface area contributed by atoms with Gasteiger partial charge in [-0.15, -0.1) is 11.8 Å². The Morgan fingerprint density at radius 2 is 2.09 bits per heavy atom. The van der Waals surface area contributed by atoms with Crippen LogP contribution in [-0.4, -0.2) is 53.7 Å². The first-order valence-electron chi connectivity index (χ1n) is 11.4. The fourth-order valence-corrected chi connectivity index (χ4v) is 4.63. The zero-order valence-electron chi connectivity index (χ0n) is 19.7. The maximum atomic E-state index is 13.2. The van der Waals surface area contributed by atoms with E-state index < -0.39 is 5.97 Å². The highest BCUT2D eigenvalue weighted by atomic mass is 16.5. The minimum absolute atomic E-state index is 0.0136. The molecule has 1 aliphatic heterocycles. The fraction of sp³-hybridized carbons (Fsp3) is 0.440. The maximum absolute atomic E-state index is 13.2. The summed E-state index contributed by atoms with van der Waals surface area (Å²) in [5.41, 5.74) is 1.34. The number of amides is 1. The summed E-state index contributed by atoms with van der Waals surface area (Å²) in [6, 6.07) is 4.88. The number of carbonyl (C=O) groups is 2. The summed E-state index contributed by atoms with van der Waals surface area (Å²) in [4.78, 5) is 37.7. The number of rotatable bonds is 6. The predicted molar refractivity (Wildman–Crippen MR) is 130 cm³/mol. The summed E-state index contributed by atoms with van der Waals surface area (Å²) in [6.07, 6.45) is 6.59. The second-order valence-electron chi connectivity index (χ2n) is 8.56. The molecule has 1 amide bonds. The summed E-state index contributed by atoms with van der Waals surface area (Å²) in [7, 11) is 3.24. The van der Waals surface area contributed by atoms with Crippen molar-refractivity contribution in [3.8, 4) is 17.6 Å². The zero-order chi connectivity index (χ0) is 24.2. The number of hydrogen-bond donors (Lipinski definition) is 2. The lowest BCUT2D eigenvalue weighted by molar-refractivity contribution is -0.121. The van der Waals surface area contributed by atoms with Gasteiger partial charge < -0.3 is 25.0 Å². The van der Waals surface area contributed by atoms with E-state index in [1.54, 1.807) is 31.1 Å². The Kier molecular flexibility index (Phi) is 6.87. The highest BCUT2D eigenvalue weighted by Gasteiger charge is 2.36. The number of carbonyl (C=O) groups excluding carboxylic acids is 1. The number of ether oxygens (including phenoxy) is 1. The Morgan fingerprint density at radius 1 is 1.32 bits per heavy atom. The van der Waals surface area contributed by atoms with Gasteiger partial charge in [-0.05, 0) is 38.0 Å². The van der Waals surface area contributed by atoms with Gasteiger partial charge in [-0.3, -0.25) is 4.79 Å². The second-order valence-corrected chi connectivity index (χ2v) is 8.56. The molecular weight excluding hydrogens is 434 g/mol. The van der Waals surface area contributed by atoms with Crippen molar-refractivity contribution in [2.45, 2.75) is 45.1 Å². The first kappa shape index (κ1) is 23.4. The number of benzene rings is 1. The van der Waals surface area contributed by atoms with Gasteiger partial charge in [-0.1, -0.05) is 12.8 Å². The van der Waals surface area contributed by atoms with E-state index in [2.05, 4.69) is 27.0 Å². The van der Waals surface area contributed by atoms with E-state index in [4.69, 9.17) is 9.72 Å². The van der Waals surface area contributed by atoms with Crippen molar-refractivity contribution in [1.29, 1.82) is 0 Å². The van der Waals surface area contributed by atoms with Crippen LogP contribution in [0.3, 0.4) is 0 Å². The standard InChI is InChI=1S/C25H29N5O4/c1-4-5-8-17-15-30(18-9-6-7-10-18)22-20(29(2)23(17)31)14-26-25(28-22)27-19-12-11-16(24(32)33)13-21(19)34-3/h11-14,17-18H,6-10,15H2,1-3H3,(H,32,33)(H,26,27,28). The largest absolute Gasteiger partial charge is 0.495 e. The summed E-state index contributed by atoms with van der Waals surface area (Å²) in [6.45, 7) is 2.34. The van der Waals surface area contributed by atoms with Crippen LogP contribution < -0.4 is 19.9 Å². The third-order valence-electron chi connectivity index (χ3n) is 6.47. The Bertz CT molecular complexity index is 1150. The van der Waals surface area contributed by atoms with Crippen LogP contribution >= 0.6 is 0 Å². The van der Waals surface area contributed by atoms with E-state index in [0.717, 1.165) is 25.7 Å². The van der Waals surface area contributed by atoms with Gasteiger partial charge in [0, 0.05) is 26.1 Å². The van der Waals surface area contributed by atoms with E-state index in [9.17, 15) is 14.7 Å². The number of anilines is 4. The van der Waals surface area contributed by atoms with Crippen LogP contribution in [0.15, 0.2) is 24.4 Å². The molecule has 0 saturated heterocycles. The van der Waals surface area contributed by atoms with E-state index in [1.165, 1.54) is 19.2 Å². The van der Waals surface area contributed by atoms with Crippen LogP contribution in [0.4, 0.5) is 23.1 Å². The average molecular weight is 464 g/mol. The molecule has 0 radical (unpaired) electrons. The van der Waals surface area contributed by atoms with Crippen molar-refractivity contribution in [2.75, 3.05) is 35.8 Å². The quantitative estimate of drug-likeness (QED) is 0.625. The van der Waals surface area contributed by atoms with Gasteiger partial charge in [0.05, 0.1) is 30.5 Å². The Morgan fingerprint density at radius 3 is 2.76 bits per heavy atom. The molecular formula is C25H29N5O4. The van der Waals surface area contributed by atoms with E-state index in [0.29, 0.717) is 47.9 Å². The number of hydrogen-bond acceptors (Lipinski definition) is 7.